The molecular weight excluding hydrogens is 270 g/mol. The standard InChI is InChI=1S/C12H17NO3S2/c1-16-9-3-2-4-10(6-9)18-12-13-8(7-17-12)5-11(14)15/h7,9-10H,2-6H2,1H3,(H,14,15). The number of nitrogens with zero attached hydrogens (tertiary/aromatic N) is 1. The van der Waals surface area contributed by atoms with Crippen LogP contribution in [0.15, 0.2) is 9.72 Å². The summed E-state index contributed by atoms with van der Waals surface area (Å²) in [5, 5.41) is 11.1. The van der Waals surface area contributed by atoms with Crippen LogP contribution in [-0.4, -0.2) is 34.5 Å². The predicted octanol–water partition coefficient (Wildman–Crippen LogP) is 2.82. The van der Waals surface area contributed by atoms with Gasteiger partial charge in [-0.3, -0.25) is 4.79 Å². The third-order valence-electron chi connectivity index (χ3n) is 3.04. The molecule has 4 nitrogen and oxygen atoms in total. The number of thioether (sulfide) groups is 1. The molecule has 2 unspecified atom stereocenters. The number of carboxylic acid groups (broad SMARTS) is 1. The lowest BCUT2D eigenvalue weighted by molar-refractivity contribution is -0.136. The Balaban J connectivity index is 1.88. The SMILES string of the molecule is COC1CCCC(Sc2nc(CC(=O)O)cs2)C1. The lowest BCUT2D eigenvalue weighted by Crippen LogP contribution is -2.23. The summed E-state index contributed by atoms with van der Waals surface area (Å²) < 4.78 is 6.39. The molecule has 1 aliphatic carbocycles. The number of hydrogen-bond donors (Lipinski definition) is 1. The molecule has 0 aromatic carbocycles. The summed E-state index contributed by atoms with van der Waals surface area (Å²) >= 11 is 3.31. The van der Waals surface area contributed by atoms with Crippen molar-refractivity contribution in [2.45, 2.75) is 47.8 Å². The molecule has 0 saturated heterocycles. The maximum Gasteiger partial charge on any atom is 0.309 e. The smallest absolute Gasteiger partial charge is 0.309 e. The van der Waals surface area contributed by atoms with Gasteiger partial charge >= 0.3 is 5.97 Å². The Morgan fingerprint density at radius 3 is 3.22 bits per heavy atom. The molecule has 1 aromatic heterocycles. The fourth-order valence-corrected chi connectivity index (χ4v) is 4.51. The van der Waals surface area contributed by atoms with Crippen molar-refractivity contribution in [3.8, 4) is 0 Å². The molecule has 100 valence electrons. The van der Waals surface area contributed by atoms with Crippen LogP contribution in [0.4, 0.5) is 0 Å². The Morgan fingerprint density at radius 2 is 2.50 bits per heavy atom. The van der Waals surface area contributed by atoms with Crippen LogP contribution in [0.25, 0.3) is 0 Å². The van der Waals surface area contributed by atoms with Crippen LogP contribution in [0.2, 0.25) is 0 Å². The van der Waals surface area contributed by atoms with Crippen molar-refractivity contribution in [2.24, 2.45) is 0 Å². The van der Waals surface area contributed by atoms with Crippen molar-refractivity contribution in [1.29, 1.82) is 0 Å². The molecule has 0 aliphatic heterocycles. The van der Waals surface area contributed by atoms with Gasteiger partial charge in [0.25, 0.3) is 0 Å². The summed E-state index contributed by atoms with van der Waals surface area (Å²) in [6.45, 7) is 0. The Hall–Kier alpha value is -0.590. The molecule has 1 aliphatic rings. The number of thiazole rings is 1. The van der Waals surface area contributed by atoms with Crippen molar-refractivity contribution in [3.05, 3.63) is 11.1 Å². The Labute approximate surface area is 115 Å². The van der Waals surface area contributed by atoms with Gasteiger partial charge in [-0.05, 0) is 25.7 Å². The lowest BCUT2D eigenvalue weighted by Gasteiger charge is -2.26. The van der Waals surface area contributed by atoms with E-state index in [0.29, 0.717) is 17.0 Å². The highest BCUT2D eigenvalue weighted by molar-refractivity contribution is 8.01. The van der Waals surface area contributed by atoms with E-state index in [1.165, 1.54) is 12.8 Å². The van der Waals surface area contributed by atoms with Crippen molar-refractivity contribution in [3.63, 3.8) is 0 Å². The van der Waals surface area contributed by atoms with E-state index in [9.17, 15) is 4.79 Å². The number of ether oxygens (including phenoxy) is 1. The van der Waals surface area contributed by atoms with Gasteiger partial charge in [0.1, 0.15) is 4.34 Å². The first-order valence-electron chi connectivity index (χ1n) is 6.03. The van der Waals surface area contributed by atoms with Crippen molar-refractivity contribution in [1.82, 2.24) is 4.98 Å². The van der Waals surface area contributed by atoms with Gasteiger partial charge in [0.2, 0.25) is 0 Å². The number of aromatic nitrogens is 1. The molecule has 1 heterocycles. The number of hydrogen-bond acceptors (Lipinski definition) is 5. The number of carboxylic acids is 1. The molecule has 1 saturated carbocycles. The van der Waals surface area contributed by atoms with Gasteiger partial charge in [-0.1, -0.05) is 11.8 Å². The molecule has 2 rings (SSSR count). The molecule has 0 spiro atoms. The fourth-order valence-electron chi connectivity index (χ4n) is 2.14. The van der Waals surface area contributed by atoms with Gasteiger partial charge in [-0.25, -0.2) is 4.98 Å². The number of aliphatic carboxylic acids is 1. The second-order valence-electron chi connectivity index (χ2n) is 4.44. The molecule has 2 atom stereocenters. The highest BCUT2D eigenvalue weighted by Crippen LogP contribution is 2.35. The summed E-state index contributed by atoms with van der Waals surface area (Å²) in [6, 6.07) is 0. The summed E-state index contributed by atoms with van der Waals surface area (Å²) in [5.74, 6) is -0.825. The average Bonchev–Trinajstić information content (AvgIpc) is 2.76. The topological polar surface area (TPSA) is 59.4 Å². The quantitative estimate of drug-likeness (QED) is 0.902. The number of methoxy groups -OCH3 is 1. The minimum atomic E-state index is -0.825. The van der Waals surface area contributed by atoms with Gasteiger partial charge in [0.15, 0.2) is 0 Å². The van der Waals surface area contributed by atoms with E-state index in [1.807, 2.05) is 5.38 Å². The van der Waals surface area contributed by atoms with Crippen LogP contribution < -0.4 is 0 Å². The molecule has 0 amide bonds. The maximum atomic E-state index is 10.6. The largest absolute Gasteiger partial charge is 0.481 e. The van der Waals surface area contributed by atoms with Crippen molar-refractivity contribution < 1.29 is 14.6 Å². The molecular formula is C12H17NO3S2. The highest BCUT2D eigenvalue weighted by atomic mass is 32.2. The van der Waals surface area contributed by atoms with E-state index in [-0.39, 0.29) is 6.42 Å². The molecule has 0 radical (unpaired) electrons. The zero-order valence-electron chi connectivity index (χ0n) is 10.3. The van der Waals surface area contributed by atoms with Crippen LogP contribution in [0, 0.1) is 0 Å². The zero-order valence-corrected chi connectivity index (χ0v) is 11.9. The molecule has 18 heavy (non-hydrogen) atoms. The Kier molecular flexibility index (Phi) is 5.03. The number of carbonyl (C=O) groups is 1. The number of rotatable bonds is 5. The first-order valence-corrected chi connectivity index (χ1v) is 7.79. The van der Waals surface area contributed by atoms with Crippen LogP contribution >= 0.6 is 23.1 Å². The molecule has 0 bridgehead atoms. The molecule has 1 fully saturated rings. The minimum absolute atomic E-state index is 0.0163. The normalized spacial score (nSPS) is 24.1. The van der Waals surface area contributed by atoms with Gasteiger partial charge in [-0.15, -0.1) is 11.3 Å². The van der Waals surface area contributed by atoms with E-state index in [1.54, 1.807) is 30.2 Å². The highest BCUT2D eigenvalue weighted by Gasteiger charge is 2.23. The maximum absolute atomic E-state index is 10.6. The molecule has 6 heteroatoms. The zero-order chi connectivity index (χ0) is 13.0. The monoisotopic (exact) mass is 287 g/mol. The third kappa shape index (κ3) is 3.96. The Morgan fingerprint density at radius 1 is 1.67 bits per heavy atom. The van der Waals surface area contributed by atoms with E-state index in [0.717, 1.165) is 17.2 Å². The van der Waals surface area contributed by atoms with Crippen LogP contribution in [0.3, 0.4) is 0 Å². The summed E-state index contributed by atoms with van der Waals surface area (Å²) in [4.78, 5) is 14.9. The van der Waals surface area contributed by atoms with E-state index >= 15 is 0 Å². The fraction of sp³-hybridized carbons (Fsp3) is 0.667. The Bertz CT molecular complexity index is 408. The lowest BCUT2D eigenvalue weighted by atomic mass is 9.97. The van der Waals surface area contributed by atoms with Gasteiger partial charge in [0, 0.05) is 17.7 Å². The summed E-state index contributed by atoms with van der Waals surface area (Å²) in [7, 11) is 1.77. The summed E-state index contributed by atoms with van der Waals surface area (Å²) in [5.41, 5.74) is 0.661. The molecule has 1 N–H and O–H groups in total. The van der Waals surface area contributed by atoms with Gasteiger partial charge in [0.05, 0.1) is 18.2 Å². The second kappa shape index (κ2) is 6.54. The first-order chi connectivity index (χ1) is 8.67. The van der Waals surface area contributed by atoms with Crippen molar-refractivity contribution in [2.75, 3.05) is 7.11 Å². The van der Waals surface area contributed by atoms with E-state index in [4.69, 9.17) is 9.84 Å². The van der Waals surface area contributed by atoms with E-state index < -0.39 is 5.97 Å². The van der Waals surface area contributed by atoms with Crippen LogP contribution in [-0.2, 0) is 16.0 Å². The van der Waals surface area contributed by atoms with Crippen LogP contribution in [0.1, 0.15) is 31.4 Å². The van der Waals surface area contributed by atoms with Crippen LogP contribution in [0.5, 0.6) is 0 Å². The summed E-state index contributed by atoms with van der Waals surface area (Å²) in [6.07, 6.45) is 4.99. The van der Waals surface area contributed by atoms with E-state index in [2.05, 4.69) is 4.98 Å². The van der Waals surface area contributed by atoms with Gasteiger partial charge < -0.3 is 9.84 Å². The third-order valence-corrected chi connectivity index (χ3v) is 5.36. The second-order valence-corrected chi connectivity index (χ2v) is 6.85. The molecule has 1 aromatic rings. The van der Waals surface area contributed by atoms with Crippen molar-refractivity contribution >= 4 is 29.1 Å². The first kappa shape index (κ1) is 13.8. The average molecular weight is 287 g/mol. The minimum Gasteiger partial charge on any atom is -0.481 e. The van der Waals surface area contributed by atoms with Gasteiger partial charge in [-0.2, -0.15) is 0 Å². The predicted molar refractivity (Wildman–Crippen MR) is 72.4 cm³/mol.